The fraction of sp³-hybridized carbons (Fsp3) is 0.214. The first-order valence-corrected chi connectivity index (χ1v) is 12.8. The van der Waals surface area contributed by atoms with E-state index in [2.05, 4.69) is 70.9 Å². The number of nitrogens with zero attached hydrogens (tertiary/aromatic N) is 3. The normalized spacial score (nSPS) is 17.6. The van der Waals surface area contributed by atoms with E-state index >= 15 is 0 Å². The Morgan fingerprint density at radius 3 is 2.46 bits per heavy atom. The molecule has 1 saturated heterocycles. The largest absolute Gasteiger partial charge is 0.351 e. The smallest absolute Gasteiger partial charge is 0.174 e. The minimum Gasteiger partial charge on any atom is -0.351 e. The van der Waals surface area contributed by atoms with Gasteiger partial charge in [0, 0.05) is 23.3 Å². The SMILES string of the molecule is CCc1ccc(N2C(=S)NC(c3ccccn3)C2c2cc(C)n(-c3cccc(Cl)c3Cl)c2C)cc1. The Balaban J connectivity index is 1.68. The maximum atomic E-state index is 6.64. The van der Waals surface area contributed by atoms with Gasteiger partial charge >= 0.3 is 0 Å². The van der Waals surface area contributed by atoms with E-state index in [9.17, 15) is 0 Å². The van der Waals surface area contributed by atoms with Gasteiger partial charge in [-0.3, -0.25) is 4.98 Å². The van der Waals surface area contributed by atoms with Gasteiger partial charge in [0.2, 0.25) is 0 Å². The van der Waals surface area contributed by atoms with Crippen LogP contribution in [0.15, 0.2) is 72.9 Å². The number of hydrogen-bond donors (Lipinski definition) is 1. The highest BCUT2D eigenvalue weighted by molar-refractivity contribution is 7.80. The number of aromatic nitrogens is 2. The first kappa shape index (κ1) is 23.9. The summed E-state index contributed by atoms with van der Waals surface area (Å²) in [4.78, 5) is 6.88. The van der Waals surface area contributed by atoms with Gasteiger partial charge in [-0.25, -0.2) is 0 Å². The van der Waals surface area contributed by atoms with E-state index in [0.717, 1.165) is 40.4 Å². The number of anilines is 1. The molecule has 5 rings (SSSR count). The number of aryl methyl sites for hydroxylation is 2. The molecule has 178 valence electrons. The van der Waals surface area contributed by atoms with Gasteiger partial charge in [0.05, 0.1) is 33.5 Å². The molecule has 7 heteroatoms. The summed E-state index contributed by atoms with van der Waals surface area (Å²) in [7, 11) is 0. The van der Waals surface area contributed by atoms with Crippen LogP contribution in [0.5, 0.6) is 0 Å². The highest BCUT2D eigenvalue weighted by Crippen LogP contribution is 2.44. The molecule has 0 amide bonds. The van der Waals surface area contributed by atoms with Crippen LogP contribution in [0.4, 0.5) is 5.69 Å². The maximum absolute atomic E-state index is 6.64. The van der Waals surface area contributed by atoms with Gasteiger partial charge in [-0.1, -0.05) is 54.4 Å². The van der Waals surface area contributed by atoms with Crippen molar-refractivity contribution < 1.29 is 0 Å². The lowest BCUT2D eigenvalue weighted by Crippen LogP contribution is -2.29. The van der Waals surface area contributed by atoms with Gasteiger partial charge < -0.3 is 14.8 Å². The molecule has 2 aromatic heterocycles. The molecule has 1 fully saturated rings. The molecule has 0 bridgehead atoms. The van der Waals surface area contributed by atoms with E-state index in [1.165, 1.54) is 5.56 Å². The van der Waals surface area contributed by atoms with E-state index in [1.54, 1.807) is 6.07 Å². The van der Waals surface area contributed by atoms with Gasteiger partial charge in [-0.2, -0.15) is 0 Å². The molecule has 0 radical (unpaired) electrons. The van der Waals surface area contributed by atoms with E-state index in [4.69, 9.17) is 35.4 Å². The summed E-state index contributed by atoms with van der Waals surface area (Å²) in [6.45, 7) is 6.37. The quantitative estimate of drug-likeness (QED) is 0.275. The predicted molar refractivity (Wildman–Crippen MR) is 149 cm³/mol. The number of thiocarbonyl (C=S) groups is 1. The van der Waals surface area contributed by atoms with Crippen LogP contribution in [0.2, 0.25) is 10.0 Å². The number of pyridine rings is 1. The van der Waals surface area contributed by atoms with Gasteiger partial charge in [0.1, 0.15) is 0 Å². The van der Waals surface area contributed by atoms with Crippen LogP contribution in [0.25, 0.3) is 5.69 Å². The van der Waals surface area contributed by atoms with Crippen LogP contribution in [-0.2, 0) is 6.42 Å². The summed E-state index contributed by atoms with van der Waals surface area (Å²) in [6, 6.07) is 22.3. The fourth-order valence-electron chi connectivity index (χ4n) is 4.96. The molecule has 0 saturated carbocycles. The van der Waals surface area contributed by atoms with Crippen molar-refractivity contribution in [3.05, 3.63) is 111 Å². The first-order chi connectivity index (χ1) is 16.9. The monoisotopic (exact) mass is 520 g/mol. The van der Waals surface area contributed by atoms with Gasteiger partial charge in [0.25, 0.3) is 0 Å². The Bertz CT molecular complexity index is 1380. The van der Waals surface area contributed by atoms with Crippen LogP contribution in [-0.4, -0.2) is 14.7 Å². The second kappa shape index (κ2) is 9.65. The molecular formula is C28H26Cl2N4S. The number of nitrogens with one attached hydrogen (secondary N) is 1. The van der Waals surface area contributed by atoms with Crippen LogP contribution in [0.3, 0.4) is 0 Å². The van der Waals surface area contributed by atoms with Crippen molar-refractivity contribution in [2.75, 3.05) is 4.90 Å². The number of rotatable bonds is 5. The third-order valence-electron chi connectivity index (χ3n) is 6.68. The second-order valence-electron chi connectivity index (χ2n) is 8.75. The van der Waals surface area contributed by atoms with E-state index in [0.29, 0.717) is 15.2 Å². The fourth-order valence-corrected chi connectivity index (χ4v) is 5.69. The molecule has 0 aliphatic carbocycles. The highest BCUT2D eigenvalue weighted by atomic mass is 35.5. The summed E-state index contributed by atoms with van der Waals surface area (Å²) in [5.41, 5.74) is 7.45. The van der Waals surface area contributed by atoms with Crippen molar-refractivity contribution in [2.45, 2.75) is 39.3 Å². The van der Waals surface area contributed by atoms with Crippen molar-refractivity contribution >= 4 is 46.2 Å². The average molecular weight is 522 g/mol. The molecule has 2 atom stereocenters. The van der Waals surface area contributed by atoms with Crippen LogP contribution in [0.1, 0.15) is 47.2 Å². The minimum atomic E-state index is -0.113. The van der Waals surface area contributed by atoms with Crippen LogP contribution < -0.4 is 10.2 Å². The zero-order valence-corrected chi connectivity index (χ0v) is 22.1. The first-order valence-electron chi connectivity index (χ1n) is 11.6. The lowest BCUT2D eigenvalue weighted by Gasteiger charge is -2.28. The topological polar surface area (TPSA) is 33.1 Å². The minimum absolute atomic E-state index is 0.0946. The van der Waals surface area contributed by atoms with Crippen molar-refractivity contribution in [1.82, 2.24) is 14.9 Å². The summed E-state index contributed by atoms with van der Waals surface area (Å²) in [5, 5.41) is 5.30. The molecule has 2 unspecified atom stereocenters. The Hall–Kier alpha value is -2.86. The molecule has 1 N–H and O–H groups in total. The Morgan fingerprint density at radius 1 is 1.00 bits per heavy atom. The standard InChI is InChI=1S/C28H26Cl2N4S/c1-4-19-11-13-20(14-12-19)34-27(26(32-28(34)35)23-9-5-6-15-31-23)21-16-17(2)33(18(21)3)24-10-7-8-22(29)25(24)30/h5-16,26-27H,4H2,1-3H3,(H,32,35). The van der Waals surface area contributed by atoms with E-state index in [1.807, 2.05) is 36.5 Å². The third-order valence-corrected chi connectivity index (χ3v) is 7.81. The van der Waals surface area contributed by atoms with E-state index in [-0.39, 0.29) is 12.1 Å². The summed E-state index contributed by atoms with van der Waals surface area (Å²) in [5.74, 6) is 0. The third kappa shape index (κ3) is 4.22. The van der Waals surface area contributed by atoms with Crippen molar-refractivity contribution in [3.63, 3.8) is 0 Å². The molecule has 4 aromatic rings. The maximum Gasteiger partial charge on any atom is 0.174 e. The lowest BCUT2D eigenvalue weighted by atomic mass is 9.96. The molecule has 4 nitrogen and oxygen atoms in total. The van der Waals surface area contributed by atoms with Crippen LogP contribution >= 0.6 is 35.4 Å². The zero-order chi connectivity index (χ0) is 24.7. The highest BCUT2D eigenvalue weighted by Gasteiger charge is 2.42. The second-order valence-corrected chi connectivity index (χ2v) is 9.92. The van der Waals surface area contributed by atoms with Crippen molar-refractivity contribution in [2.24, 2.45) is 0 Å². The molecule has 35 heavy (non-hydrogen) atoms. The Labute approximate surface area is 221 Å². The van der Waals surface area contributed by atoms with Gasteiger partial charge in [-0.15, -0.1) is 0 Å². The summed E-state index contributed by atoms with van der Waals surface area (Å²) < 4.78 is 2.17. The number of benzene rings is 2. The van der Waals surface area contributed by atoms with Crippen molar-refractivity contribution in [3.8, 4) is 5.69 Å². The predicted octanol–water partition coefficient (Wildman–Crippen LogP) is 7.54. The Morgan fingerprint density at radius 2 is 1.77 bits per heavy atom. The van der Waals surface area contributed by atoms with Gasteiger partial charge in [0.15, 0.2) is 5.11 Å². The molecular weight excluding hydrogens is 495 g/mol. The zero-order valence-electron chi connectivity index (χ0n) is 19.8. The summed E-state index contributed by atoms with van der Waals surface area (Å²) in [6.07, 6.45) is 2.81. The number of hydrogen-bond acceptors (Lipinski definition) is 2. The molecule has 2 aromatic carbocycles. The molecule has 3 heterocycles. The van der Waals surface area contributed by atoms with Gasteiger partial charge in [-0.05, 0) is 86.1 Å². The molecule has 1 aliphatic rings. The average Bonchev–Trinajstić information content (AvgIpc) is 3.36. The molecule has 1 aliphatic heterocycles. The number of halogens is 2. The van der Waals surface area contributed by atoms with E-state index < -0.39 is 0 Å². The van der Waals surface area contributed by atoms with Crippen LogP contribution in [0, 0.1) is 13.8 Å². The van der Waals surface area contributed by atoms with Crippen molar-refractivity contribution in [1.29, 1.82) is 0 Å². The summed E-state index contributed by atoms with van der Waals surface area (Å²) >= 11 is 18.9. The molecule has 0 spiro atoms. The Kier molecular flexibility index (Phi) is 6.58. The lowest BCUT2D eigenvalue weighted by molar-refractivity contribution is 0.565.